The van der Waals surface area contributed by atoms with Crippen LogP contribution in [0.25, 0.3) is 0 Å². The monoisotopic (exact) mass is 242 g/mol. The van der Waals surface area contributed by atoms with Gasteiger partial charge in [-0.25, -0.2) is 0 Å². The zero-order valence-corrected chi connectivity index (χ0v) is 10.8. The number of nitrogens with zero attached hydrogens (tertiary/aromatic N) is 1. The molecule has 2 fully saturated rings. The fourth-order valence-electron chi connectivity index (χ4n) is 2.82. The average Bonchev–Trinajstić information content (AvgIpc) is 2.40. The lowest BCUT2D eigenvalue weighted by Crippen LogP contribution is -2.40. The minimum atomic E-state index is 0.412. The first-order valence-corrected chi connectivity index (χ1v) is 7.02. The van der Waals surface area contributed by atoms with Crippen LogP contribution < -0.4 is 5.73 Å². The van der Waals surface area contributed by atoms with E-state index < -0.39 is 0 Å². The van der Waals surface area contributed by atoms with Crippen molar-refractivity contribution in [1.82, 2.24) is 4.90 Å². The number of hydrogen-bond acceptors (Lipinski definition) is 4. The van der Waals surface area contributed by atoms with Crippen molar-refractivity contribution in [2.75, 3.05) is 46.0 Å². The molecule has 2 rings (SSSR count). The van der Waals surface area contributed by atoms with E-state index in [0.717, 1.165) is 46.0 Å². The van der Waals surface area contributed by atoms with Gasteiger partial charge in [-0.3, -0.25) is 4.90 Å². The Morgan fingerprint density at radius 2 is 1.94 bits per heavy atom. The van der Waals surface area contributed by atoms with E-state index >= 15 is 0 Å². The van der Waals surface area contributed by atoms with Crippen LogP contribution in [0.5, 0.6) is 0 Å². The molecular weight excluding hydrogens is 216 g/mol. The van der Waals surface area contributed by atoms with Gasteiger partial charge in [-0.05, 0) is 25.3 Å². The lowest BCUT2D eigenvalue weighted by atomic mass is 9.86. The maximum atomic E-state index is 6.03. The SMILES string of the molecule is NCC1CCCCC1OCCN1CCOCC1. The Balaban J connectivity index is 1.62. The molecule has 0 aromatic heterocycles. The average molecular weight is 242 g/mol. The third kappa shape index (κ3) is 4.21. The summed E-state index contributed by atoms with van der Waals surface area (Å²) in [5, 5.41) is 0. The second-order valence-electron chi connectivity index (χ2n) is 5.14. The molecular formula is C13H26N2O2. The topological polar surface area (TPSA) is 47.7 Å². The van der Waals surface area contributed by atoms with Crippen molar-refractivity contribution in [2.45, 2.75) is 31.8 Å². The van der Waals surface area contributed by atoms with Crippen LogP contribution in [0, 0.1) is 5.92 Å². The summed E-state index contributed by atoms with van der Waals surface area (Å²) in [4.78, 5) is 2.42. The first kappa shape index (κ1) is 13.3. The van der Waals surface area contributed by atoms with Gasteiger partial charge in [-0.1, -0.05) is 12.8 Å². The van der Waals surface area contributed by atoms with Crippen LogP contribution in [-0.4, -0.2) is 57.0 Å². The summed E-state index contributed by atoms with van der Waals surface area (Å²) in [6, 6.07) is 0. The molecule has 0 spiro atoms. The predicted molar refractivity (Wildman–Crippen MR) is 68.0 cm³/mol. The number of ether oxygens (including phenoxy) is 2. The summed E-state index contributed by atoms with van der Waals surface area (Å²) in [6.45, 7) is 6.51. The zero-order chi connectivity index (χ0) is 11.9. The maximum Gasteiger partial charge on any atom is 0.0616 e. The first-order chi connectivity index (χ1) is 8.40. The van der Waals surface area contributed by atoms with Crippen molar-refractivity contribution in [3.05, 3.63) is 0 Å². The smallest absolute Gasteiger partial charge is 0.0616 e. The van der Waals surface area contributed by atoms with Gasteiger partial charge in [0.05, 0.1) is 25.9 Å². The van der Waals surface area contributed by atoms with Gasteiger partial charge in [-0.2, -0.15) is 0 Å². The zero-order valence-electron chi connectivity index (χ0n) is 10.8. The Morgan fingerprint density at radius 1 is 1.18 bits per heavy atom. The first-order valence-electron chi connectivity index (χ1n) is 7.02. The van der Waals surface area contributed by atoms with Gasteiger partial charge in [0.2, 0.25) is 0 Å². The van der Waals surface area contributed by atoms with Crippen molar-refractivity contribution in [2.24, 2.45) is 11.7 Å². The van der Waals surface area contributed by atoms with E-state index in [4.69, 9.17) is 15.2 Å². The Morgan fingerprint density at radius 3 is 2.71 bits per heavy atom. The fourth-order valence-corrected chi connectivity index (χ4v) is 2.82. The largest absolute Gasteiger partial charge is 0.379 e. The molecule has 1 aliphatic heterocycles. The van der Waals surface area contributed by atoms with Gasteiger partial charge >= 0.3 is 0 Å². The highest BCUT2D eigenvalue weighted by atomic mass is 16.5. The molecule has 1 saturated carbocycles. The fraction of sp³-hybridized carbons (Fsp3) is 1.00. The number of nitrogens with two attached hydrogens (primary N) is 1. The molecule has 2 N–H and O–H groups in total. The molecule has 0 amide bonds. The summed E-state index contributed by atoms with van der Waals surface area (Å²) in [6.07, 6.45) is 5.49. The summed E-state index contributed by atoms with van der Waals surface area (Å²) in [7, 11) is 0. The molecule has 2 aliphatic rings. The highest BCUT2D eigenvalue weighted by Crippen LogP contribution is 2.25. The van der Waals surface area contributed by atoms with E-state index in [1.807, 2.05) is 0 Å². The Labute approximate surface area is 104 Å². The molecule has 100 valence electrons. The summed E-state index contributed by atoms with van der Waals surface area (Å²) < 4.78 is 11.4. The van der Waals surface area contributed by atoms with Gasteiger partial charge < -0.3 is 15.2 Å². The molecule has 17 heavy (non-hydrogen) atoms. The van der Waals surface area contributed by atoms with Gasteiger partial charge in [0.1, 0.15) is 0 Å². The summed E-state index contributed by atoms with van der Waals surface area (Å²) >= 11 is 0. The lowest BCUT2D eigenvalue weighted by molar-refractivity contribution is -0.0295. The van der Waals surface area contributed by atoms with Crippen LogP contribution in [0.15, 0.2) is 0 Å². The van der Waals surface area contributed by atoms with Crippen LogP contribution >= 0.6 is 0 Å². The molecule has 1 aliphatic carbocycles. The van der Waals surface area contributed by atoms with Crippen molar-refractivity contribution in [3.8, 4) is 0 Å². The van der Waals surface area contributed by atoms with E-state index in [-0.39, 0.29) is 0 Å². The lowest BCUT2D eigenvalue weighted by Gasteiger charge is -2.32. The number of rotatable bonds is 5. The van der Waals surface area contributed by atoms with Gasteiger partial charge in [0.25, 0.3) is 0 Å². The summed E-state index contributed by atoms with van der Waals surface area (Å²) in [5.74, 6) is 0.591. The maximum absolute atomic E-state index is 6.03. The second-order valence-corrected chi connectivity index (χ2v) is 5.14. The molecule has 2 unspecified atom stereocenters. The van der Waals surface area contributed by atoms with E-state index in [1.165, 1.54) is 25.7 Å². The van der Waals surface area contributed by atoms with Gasteiger partial charge in [0, 0.05) is 19.6 Å². The Kier molecular flexibility index (Phi) is 5.71. The van der Waals surface area contributed by atoms with Crippen LogP contribution in [0.3, 0.4) is 0 Å². The minimum Gasteiger partial charge on any atom is -0.379 e. The van der Waals surface area contributed by atoms with Gasteiger partial charge in [0.15, 0.2) is 0 Å². The van der Waals surface area contributed by atoms with Crippen LogP contribution in [-0.2, 0) is 9.47 Å². The van der Waals surface area contributed by atoms with Crippen molar-refractivity contribution in [1.29, 1.82) is 0 Å². The third-order valence-electron chi connectivity index (χ3n) is 3.99. The molecule has 1 heterocycles. The normalized spacial score (nSPS) is 31.6. The quantitative estimate of drug-likeness (QED) is 0.776. The number of morpholine rings is 1. The Bertz CT molecular complexity index is 208. The third-order valence-corrected chi connectivity index (χ3v) is 3.99. The van der Waals surface area contributed by atoms with Crippen molar-refractivity contribution < 1.29 is 9.47 Å². The molecule has 1 saturated heterocycles. The highest BCUT2D eigenvalue weighted by Gasteiger charge is 2.24. The van der Waals surface area contributed by atoms with E-state index in [2.05, 4.69) is 4.90 Å². The molecule has 0 aromatic carbocycles. The molecule has 0 bridgehead atoms. The van der Waals surface area contributed by atoms with Crippen LogP contribution in [0.1, 0.15) is 25.7 Å². The van der Waals surface area contributed by atoms with Crippen LogP contribution in [0.2, 0.25) is 0 Å². The molecule has 2 atom stereocenters. The summed E-state index contributed by atoms with van der Waals surface area (Å²) in [5.41, 5.74) is 5.80. The Hall–Kier alpha value is -0.160. The standard InChI is InChI=1S/C13H26N2O2/c14-11-12-3-1-2-4-13(12)17-10-7-15-5-8-16-9-6-15/h12-13H,1-11,14H2. The van der Waals surface area contributed by atoms with E-state index in [9.17, 15) is 0 Å². The van der Waals surface area contributed by atoms with E-state index in [1.54, 1.807) is 0 Å². The van der Waals surface area contributed by atoms with Crippen molar-refractivity contribution in [3.63, 3.8) is 0 Å². The number of hydrogen-bond donors (Lipinski definition) is 1. The van der Waals surface area contributed by atoms with Gasteiger partial charge in [-0.15, -0.1) is 0 Å². The second kappa shape index (κ2) is 7.31. The molecule has 4 nitrogen and oxygen atoms in total. The molecule has 4 heteroatoms. The van der Waals surface area contributed by atoms with Crippen LogP contribution in [0.4, 0.5) is 0 Å². The predicted octanol–water partition coefficient (Wildman–Crippen LogP) is 0.853. The highest BCUT2D eigenvalue weighted by molar-refractivity contribution is 4.76. The van der Waals surface area contributed by atoms with E-state index in [0.29, 0.717) is 12.0 Å². The minimum absolute atomic E-state index is 0.412. The molecule has 0 radical (unpaired) electrons. The van der Waals surface area contributed by atoms with Crippen molar-refractivity contribution >= 4 is 0 Å². The molecule has 0 aromatic rings.